The number of carbonyl (C=O) groups is 4. The number of hydrogen-bond donors (Lipinski definition) is 0. The average Bonchev–Trinajstić information content (AvgIpc) is 3.44. The molecule has 0 spiro atoms. The molecular formula is C30H19BrN4O8. The van der Waals surface area contributed by atoms with E-state index >= 15 is 0 Å². The number of nitro groups is 2. The number of nitrogens with zero attached hydrogens (tertiary/aromatic N) is 4. The summed E-state index contributed by atoms with van der Waals surface area (Å²) in [6.45, 7) is 0. The molecule has 2 saturated heterocycles. The van der Waals surface area contributed by atoms with Crippen molar-refractivity contribution >= 4 is 62.3 Å². The first kappa shape index (κ1) is 26.8. The molecule has 12 nitrogen and oxygen atoms in total. The number of amides is 4. The number of anilines is 2. The van der Waals surface area contributed by atoms with Crippen LogP contribution >= 0.6 is 15.9 Å². The number of hydrogen-bond acceptors (Lipinski definition) is 8. The zero-order valence-electron chi connectivity index (χ0n) is 21.9. The Hall–Kier alpha value is -5.04. The first-order valence-corrected chi connectivity index (χ1v) is 14.1. The van der Waals surface area contributed by atoms with Crippen LogP contribution in [0.4, 0.5) is 22.7 Å². The first-order chi connectivity index (χ1) is 20.6. The summed E-state index contributed by atoms with van der Waals surface area (Å²) in [5.41, 5.74) is -0.870. The maximum Gasteiger partial charge on any atom is 0.269 e. The Labute approximate surface area is 251 Å². The van der Waals surface area contributed by atoms with E-state index in [-0.39, 0.29) is 22.7 Å². The number of carbonyl (C=O) groups excluding carboxylic acids is 4. The maximum atomic E-state index is 14.3. The van der Waals surface area contributed by atoms with Gasteiger partial charge in [-0.2, -0.15) is 0 Å². The van der Waals surface area contributed by atoms with E-state index in [1.807, 2.05) is 0 Å². The Morgan fingerprint density at radius 2 is 1.05 bits per heavy atom. The van der Waals surface area contributed by atoms with Crippen molar-refractivity contribution in [2.75, 3.05) is 9.80 Å². The van der Waals surface area contributed by atoms with Crippen molar-refractivity contribution in [3.8, 4) is 0 Å². The Morgan fingerprint density at radius 1 is 0.628 bits per heavy atom. The summed E-state index contributed by atoms with van der Waals surface area (Å²) in [5, 5.41) is 22.4. The summed E-state index contributed by atoms with van der Waals surface area (Å²) in [6, 6.07) is 17.2. The third-order valence-electron chi connectivity index (χ3n) is 9.14. The van der Waals surface area contributed by atoms with Gasteiger partial charge >= 0.3 is 0 Å². The summed E-state index contributed by atoms with van der Waals surface area (Å²) in [7, 11) is 0. The van der Waals surface area contributed by atoms with Crippen molar-refractivity contribution < 1.29 is 29.0 Å². The summed E-state index contributed by atoms with van der Waals surface area (Å²) in [4.78, 5) is 79.9. The van der Waals surface area contributed by atoms with Crippen LogP contribution in [0.1, 0.15) is 5.56 Å². The van der Waals surface area contributed by atoms with Crippen LogP contribution in [-0.2, 0) is 24.6 Å². The highest BCUT2D eigenvalue weighted by Crippen LogP contribution is 2.65. The minimum Gasteiger partial charge on any atom is -0.274 e. The lowest BCUT2D eigenvalue weighted by molar-refractivity contribution is -0.385. The van der Waals surface area contributed by atoms with E-state index in [0.29, 0.717) is 5.56 Å². The van der Waals surface area contributed by atoms with E-state index < -0.39 is 68.5 Å². The van der Waals surface area contributed by atoms with Gasteiger partial charge in [-0.05, 0) is 42.0 Å². The highest BCUT2D eigenvalue weighted by molar-refractivity contribution is 9.10. The maximum absolute atomic E-state index is 14.3. The molecule has 1 saturated carbocycles. The predicted octanol–water partition coefficient (Wildman–Crippen LogP) is 4.31. The number of benzene rings is 3. The summed E-state index contributed by atoms with van der Waals surface area (Å²) in [6.07, 6.45) is 3.53. The second kappa shape index (κ2) is 9.23. The molecule has 0 N–H and O–H groups in total. The van der Waals surface area contributed by atoms with Crippen LogP contribution in [0.2, 0.25) is 0 Å². The van der Waals surface area contributed by atoms with Gasteiger partial charge in [-0.3, -0.25) is 39.4 Å². The van der Waals surface area contributed by atoms with Crippen LogP contribution in [0, 0.1) is 49.8 Å². The molecule has 0 radical (unpaired) electrons. The third kappa shape index (κ3) is 3.54. The smallest absolute Gasteiger partial charge is 0.269 e. The van der Waals surface area contributed by atoms with Crippen molar-refractivity contribution in [2.45, 2.75) is 5.41 Å². The van der Waals surface area contributed by atoms with Gasteiger partial charge in [0.2, 0.25) is 23.6 Å². The van der Waals surface area contributed by atoms with Crippen molar-refractivity contribution in [1.82, 2.24) is 0 Å². The summed E-state index contributed by atoms with van der Waals surface area (Å²) >= 11 is 3.41. The highest BCUT2D eigenvalue weighted by atomic mass is 79.9. The van der Waals surface area contributed by atoms with Gasteiger partial charge in [-0.1, -0.05) is 40.2 Å². The molecule has 214 valence electrons. The van der Waals surface area contributed by atoms with Crippen molar-refractivity contribution in [2.24, 2.45) is 29.6 Å². The van der Waals surface area contributed by atoms with Crippen LogP contribution in [0.15, 0.2) is 89.4 Å². The zero-order chi connectivity index (χ0) is 30.4. The molecule has 4 amide bonds. The van der Waals surface area contributed by atoms with E-state index in [0.717, 1.165) is 14.3 Å². The zero-order valence-corrected chi connectivity index (χ0v) is 23.5. The lowest BCUT2D eigenvalue weighted by Gasteiger charge is -2.53. The van der Waals surface area contributed by atoms with Crippen LogP contribution in [0.3, 0.4) is 0 Å². The van der Waals surface area contributed by atoms with Gasteiger partial charge < -0.3 is 0 Å². The van der Waals surface area contributed by atoms with E-state index in [2.05, 4.69) is 15.9 Å². The first-order valence-electron chi connectivity index (χ1n) is 13.3. The fourth-order valence-electron chi connectivity index (χ4n) is 7.45. The van der Waals surface area contributed by atoms with Crippen molar-refractivity contribution in [3.05, 3.63) is 115 Å². The van der Waals surface area contributed by atoms with Gasteiger partial charge in [0.15, 0.2) is 0 Å². The average molecular weight is 643 g/mol. The van der Waals surface area contributed by atoms with Crippen LogP contribution in [0.5, 0.6) is 0 Å². The van der Waals surface area contributed by atoms with Gasteiger partial charge in [-0.15, -0.1) is 0 Å². The topological polar surface area (TPSA) is 161 Å². The Bertz CT molecular complexity index is 1700. The Kier molecular flexibility index (Phi) is 5.76. The van der Waals surface area contributed by atoms with Crippen molar-refractivity contribution in [1.29, 1.82) is 0 Å². The van der Waals surface area contributed by atoms with Crippen LogP contribution in [0.25, 0.3) is 0 Å². The van der Waals surface area contributed by atoms with Crippen LogP contribution in [-0.4, -0.2) is 33.5 Å². The molecule has 3 aromatic rings. The number of halogens is 1. The van der Waals surface area contributed by atoms with Gasteiger partial charge in [-0.25, -0.2) is 9.80 Å². The molecule has 3 aromatic carbocycles. The molecule has 2 aliphatic heterocycles. The minimum absolute atomic E-state index is 0.163. The predicted molar refractivity (Wildman–Crippen MR) is 154 cm³/mol. The number of imide groups is 2. The summed E-state index contributed by atoms with van der Waals surface area (Å²) < 4.78 is 0.747. The molecule has 5 aliphatic rings. The second-order valence-electron chi connectivity index (χ2n) is 11.0. The third-order valence-corrected chi connectivity index (χ3v) is 9.67. The molecule has 13 heteroatoms. The van der Waals surface area contributed by atoms with E-state index in [1.165, 1.54) is 48.5 Å². The number of nitro benzene ring substituents is 2. The lowest BCUT2D eigenvalue weighted by atomic mass is 9.45. The molecule has 2 bridgehead atoms. The molecule has 3 aliphatic carbocycles. The molecule has 4 atom stereocenters. The Balaban J connectivity index is 1.38. The van der Waals surface area contributed by atoms with Gasteiger partial charge in [0.25, 0.3) is 11.4 Å². The normalized spacial score (nSPS) is 28.8. The molecule has 8 rings (SSSR count). The molecular weight excluding hydrogens is 624 g/mol. The van der Waals surface area contributed by atoms with E-state index in [1.54, 1.807) is 36.4 Å². The van der Waals surface area contributed by atoms with Crippen LogP contribution < -0.4 is 9.80 Å². The highest BCUT2D eigenvalue weighted by Gasteiger charge is 2.75. The number of allylic oxidation sites excluding steroid dienone is 2. The largest absolute Gasteiger partial charge is 0.274 e. The quantitative estimate of drug-likeness (QED) is 0.172. The summed E-state index contributed by atoms with van der Waals surface area (Å²) in [5.74, 6) is -6.98. The Morgan fingerprint density at radius 3 is 1.44 bits per heavy atom. The monoisotopic (exact) mass is 642 g/mol. The van der Waals surface area contributed by atoms with Crippen molar-refractivity contribution in [3.63, 3.8) is 0 Å². The van der Waals surface area contributed by atoms with Gasteiger partial charge in [0.1, 0.15) is 0 Å². The molecule has 3 fully saturated rings. The molecule has 43 heavy (non-hydrogen) atoms. The van der Waals surface area contributed by atoms with Gasteiger partial charge in [0.05, 0.1) is 44.9 Å². The molecule has 0 unspecified atom stereocenters. The second-order valence-corrected chi connectivity index (χ2v) is 11.9. The van der Waals surface area contributed by atoms with Gasteiger partial charge in [0, 0.05) is 40.1 Å². The molecule has 2 heterocycles. The lowest BCUT2D eigenvalue weighted by Crippen LogP contribution is -2.60. The fourth-order valence-corrected chi connectivity index (χ4v) is 7.71. The number of rotatable bonds is 5. The number of non-ortho nitro benzene ring substituents is 2. The van der Waals surface area contributed by atoms with E-state index in [9.17, 15) is 39.4 Å². The van der Waals surface area contributed by atoms with E-state index in [4.69, 9.17) is 0 Å². The fraction of sp³-hybridized carbons (Fsp3) is 0.200. The standard InChI is InChI=1S/C30H19BrN4O8/c31-16-3-1-15(2-4-16)30-14-13-21(22-24(30)28(38)32(26(22)36)17-5-9-19(10-6-17)34(40)41)23-25(30)29(39)33(27(23)37)18-7-11-20(12-8-18)35(42)43/h1-14,21-25H/t21?,22-,23-,24+,25+,30?/m1/s1. The SMILES string of the molecule is O=C1[C@@H]2C3C=CC(c4ccc(Br)cc4)([C@@H]2C(=O)N1c1ccc([N+](=O)[O-])cc1)[C@@H]1C(=O)N(c2ccc([N+](=O)[O-])cc2)C(=O)[C@H]31. The molecule has 0 aromatic heterocycles. The minimum atomic E-state index is -1.37.